The molecule has 2 aliphatic rings. The molecule has 0 unspecified atom stereocenters. The molecule has 1 saturated carbocycles. The van der Waals surface area contributed by atoms with Gasteiger partial charge in [0.05, 0.1) is 6.04 Å². The molecule has 1 aliphatic carbocycles. The lowest BCUT2D eigenvalue weighted by Gasteiger charge is -2.40. The van der Waals surface area contributed by atoms with Gasteiger partial charge >= 0.3 is 5.69 Å². The number of rotatable bonds is 3. The third-order valence-corrected chi connectivity index (χ3v) is 6.12. The molecule has 0 radical (unpaired) electrons. The van der Waals surface area contributed by atoms with Crippen LogP contribution in [0.25, 0.3) is 0 Å². The first kappa shape index (κ1) is 18.0. The van der Waals surface area contributed by atoms with Crippen LogP contribution in [0.4, 0.5) is 0 Å². The second-order valence-electron chi connectivity index (χ2n) is 7.65. The SMILES string of the molecule is Cn1c(=O)cnn(C2CCC(N3CCC(c4ncccn4)CC3)CC2)c1=O. The predicted octanol–water partition coefficient (Wildman–Crippen LogP) is 1.10. The molecule has 2 aromatic heterocycles. The van der Waals surface area contributed by atoms with Crippen molar-refractivity contribution < 1.29 is 0 Å². The van der Waals surface area contributed by atoms with Crippen LogP contribution in [0.3, 0.4) is 0 Å². The molecule has 0 amide bonds. The molecule has 0 atom stereocenters. The zero-order valence-electron chi connectivity index (χ0n) is 15.7. The maximum Gasteiger partial charge on any atom is 0.347 e. The number of nitrogens with zero attached hydrogens (tertiary/aromatic N) is 6. The van der Waals surface area contributed by atoms with Gasteiger partial charge in [0, 0.05) is 31.4 Å². The summed E-state index contributed by atoms with van der Waals surface area (Å²) in [5.41, 5.74) is -0.662. The molecule has 144 valence electrons. The largest absolute Gasteiger partial charge is 0.347 e. The van der Waals surface area contributed by atoms with Crippen molar-refractivity contribution in [1.82, 2.24) is 29.2 Å². The highest BCUT2D eigenvalue weighted by Crippen LogP contribution is 2.33. The number of aromatic nitrogens is 5. The third-order valence-electron chi connectivity index (χ3n) is 6.12. The minimum atomic E-state index is -0.352. The summed E-state index contributed by atoms with van der Waals surface area (Å²) in [6, 6.07) is 2.53. The molecule has 1 saturated heterocycles. The molecule has 4 rings (SSSR count). The van der Waals surface area contributed by atoms with Gasteiger partial charge in [-0.25, -0.2) is 19.4 Å². The molecular weight excluding hydrogens is 344 g/mol. The minimum absolute atomic E-state index is 0.0933. The van der Waals surface area contributed by atoms with E-state index in [2.05, 4.69) is 20.0 Å². The van der Waals surface area contributed by atoms with Crippen molar-refractivity contribution in [3.63, 3.8) is 0 Å². The molecule has 0 N–H and O–H groups in total. The minimum Gasteiger partial charge on any atom is -0.300 e. The van der Waals surface area contributed by atoms with Gasteiger partial charge in [0.1, 0.15) is 12.0 Å². The molecule has 8 nitrogen and oxygen atoms in total. The molecule has 27 heavy (non-hydrogen) atoms. The molecule has 8 heteroatoms. The number of hydrogen-bond donors (Lipinski definition) is 0. The maximum absolute atomic E-state index is 12.3. The van der Waals surface area contributed by atoms with Crippen LogP contribution < -0.4 is 11.2 Å². The molecule has 1 aliphatic heterocycles. The first-order valence-electron chi connectivity index (χ1n) is 9.79. The van der Waals surface area contributed by atoms with E-state index in [9.17, 15) is 9.59 Å². The van der Waals surface area contributed by atoms with E-state index >= 15 is 0 Å². The van der Waals surface area contributed by atoms with E-state index in [1.165, 1.54) is 17.9 Å². The van der Waals surface area contributed by atoms with Crippen LogP contribution >= 0.6 is 0 Å². The Bertz CT molecular complexity index is 877. The Kier molecular flexibility index (Phi) is 5.15. The van der Waals surface area contributed by atoms with E-state index in [1.54, 1.807) is 0 Å². The van der Waals surface area contributed by atoms with E-state index in [1.807, 2.05) is 18.5 Å². The predicted molar refractivity (Wildman–Crippen MR) is 101 cm³/mol. The molecule has 0 bridgehead atoms. The van der Waals surface area contributed by atoms with Crippen LogP contribution in [-0.2, 0) is 7.05 Å². The summed E-state index contributed by atoms with van der Waals surface area (Å²) >= 11 is 0. The molecule has 0 aromatic carbocycles. The quantitative estimate of drug-likeness (QED) is 0.804. The lowest BCUT2D eigenvalue weighted by Crippen LogP contribution is -2.45. The van der Waals surface area contributed by atoms with Crippen LogP contribution in [0.5, 0.6) is 0 Å². The van der Waals surface area contributed by atoms with Crippen LogP contribution in [0.15, 0.2) is 34.2 Å². The lowest BCUT2D eigenvalue weighted by atomic mass is 9.87. The fourth-order valence-corrected chi connectivity index (χ4v) is 4.46. The molecule has 2 aromatic rings. The van der Waals surface area contributed by atoms with Gasteiger partial charge in [-0.05, 0) is 57.7 Å². The van der Waals surface area contributed by atoms with Crippen molar-refractivity contribution in [3.05, 3.63) is 51.3 Å². The van der Waals surface area contributed by atoms with Crippen molar-refractivity contribution in [2.45, 2.75) is 56.5 Å². The summed E-state index contributed by atoms with van der Waals surface area (Å²) in [6.07, 6.45) is 11.1. The summed E-state index contributed by atoms with van der Waals surface area (Å²) in [7, 11) is 1.51. The topological polar surface area (TPSA) is 85.9 Å². The maximum atomic E-state index is 12.3. The molecule has 0 spiro atoms. The lowest BCUT2D eigenvalue weighted by molar-refractivity contribution is 0.104. The fraction of sp³-hybridized carbons (Fsp3) is 0.632. The van der Waals surface area contributed by atoms with Crippen molar-refractivity contribution in [3.8, 4) is 0 Å². The highest BCUT2D eigenvalue weighted by Gasteiger charge is 2.31. The first-order chi connectivity index (χ1) is 13.1. The van der Waals surface area contributed by atoms with Crippen LogP contribution in [0, 0.1) is 0 Å². The Morgan fingerprint density at radius 1 is 0.926 bits per heavy atom. The van der Waals surface area contributed by atoms with Crippen molar-refractivity contribution in [2.24, 2.45) is 7.05 Å². The molecule has 2 fully saturated rings. The number of hydrogen-bond acceptors (Lipinski definition) is 6. The van der Waals surface area contributed by atoms with Crippen LogP contribution in [-0.4, -0.2) is 48.3 Å². The number of likely N-dealkylation sites (tertiary alicyclic amines) is 1. The van der Waals surface area contributed by atoms with E-state index in [4.69, 9.17) is 0 Å². The summed E-state index contributed by atoms with van der Waals surface area (Å²) in [6.45, 7) is 2.16. The standard InChI is InChI=1S/C19H26N6O2/c1-23-17(26)13-22-25(19(23)27)16-5-3-15(4-6-16)24-11-7-14(8-12-24)18-20-9-2-10-21-18/h2,9-10,13-16H,3-8,11-12H2,1H3. The average molecular weight is 370 g/mol. The second kappa shape index (κ2) is 7.72. The van der Waals surface area contributed by atoms with Crippen molar-refractivity contribution >= 4 is 0 Å². The Hall–Kier alpha value is -2.35. The summed E-state index contributed by atoms with van der Waals surface area (Å²) in [4.78, 5) is 35.2. The highest BCUT2D eigenvalue weighted by atomic mass is 16.2. The van der Waals surface area contributed by atoms with Crippen LogP contribution in [0.2, 0.25) is 0 Å². The van der Waals surface area contributed by atoms with Crippen molar-refractivity contribution in [2.75, 3.05) is 13.1 Å². The Labute approximate surface area is 157 Å². The van der Waals surface area contributed by atoms with Gasteiger partial charge in [0.2, 0.25) is 0 Å². The van der Waals surface area contributed by atoms with Gasteiger partial charge in [-0.1, -0.05) is 0 Å². The highest BCUT2D eigenvalue weighted by molar-refractivity contribution is 5.00. The van der Waals surface area contributed by atoms with Gasteiger partial charge in [-0.3, -0.25) is 9.36 Å². The van der Waals surface area contributed by atoms with Crippen LogP contribution in [0.1, 0.15) is 56.3 Å². The second-order valence-corrected chi connectivity index (χ2v) is 7.65. The first-order valence-corrected chi connectivity index (χ1v) is 9.79. The Morgan fingerprint density at radius 2 is 1.56 bits per heavy atom. The third kappa shape index (κ3) is 3.71. The summed E-state index contributed by atoms with van der Waals surface area (Å²) < 4.78 is 2.63. The molecular formula is C19H26N6O2. The van der Waals surface area contributed by atoms with E-state index in [-0.39, 0.29) is 17.3 Å². The van der Waals surface area contributed by atoms with Crippen molar-refractivity contribution in [1.29, 1.82) is 0 Å². The zero-order valence-corrected chi connectivity index (χ0v) is 15.7. The van der Waals surface area contributed by atoms with E-state index in [0.717, 1.165) is 62.0 Å². The van der Waals surface area contributed by atoms with Gasteiger partial charge in [0.25, 0.3) is 5.56 Å². The Balaban J connectivity index is 1.33. The summed E-state index contributed by atoms with van der Waals surface area (Å²) in [5, 5.41) is 4.09. The van der Waals surface area contributed by atoms with Gasteiger partial charge < -0.3 is 4.90 Å². The van der Waals surface area contributed by atoms with E-state index in [0.29, 0.717) is 12.0 Å². The summed E-state index contributed by atoms with van der Waals surface area (Å²) in [5.74, 6) is 1.44. The fourth-order valence-electron chi connectivity index (χ4n) is 4.46. The van der Waals surface area contributed by atoms with Gasteiger partial charge in [-0.2, -0.15) is 5.10 Å². The Morgan fingerprint density at radius 3 is 2.22 bits per heavy atom. The molecule has 3 heterocycles. The zero-order chi connectivity index (χ0) is 18.8. The van der Waals surface area contributed by atoms with E-state index < -0.39 is 0 Å². The normalized spacial score (nSPS) is 24.8. The average Bonchev–Trinajstić information content (AvgIpc) is 2.73. The smallest absolute Gasteiger partial charge is 0.300 e. The monoisotopic (exact) mass is 370 g/mol. The number of piperidine rings is 1. The van der Waals surface area contributed by atoms with Gasteiger partial charge in [-0.15, -0.1) is 0 Å². The van der Waals surface area contributed by atoms with Gasteiger partial charge in [0.15, 0.2) is 0 Å².